The Morgan fingerprint density at radius 3 is 2.54 bits per heavy atom. The first-order valence-electron chi connectivity index (χ1n) is 7.14. The molecule has 1 heterocycles. The highest BCUT2D eigenvalue weighted by Gasteiger charge is 2.36. The van der Waals surface area contributed by atoms with Crippen molar-refractivity contribution < 1.29 is 29.3 Å². The number of likely N-dealkylation sites (N-methyl/N-ethyl adjacent to an activating group) is 1. The van der Waals surface area contributed by atoms with Crippen LogP contribution in [0.2, 0.25) is 0 Å². The average molecular weight is 337 g/mol. The summed E-state index contributed by atoms with van der Waals surface area (Å²) in [7, 11) is 1.46. The van der Waals surface area contributed by atoms with E-state index in [0.717, 1.165) is 4.90 Å². The normalized spacial score (nSPS) is 17.1. The van der Waals surface area contributed by atoms with E-state index in [4.69, 9.17) is 10.5 Å². The van der Waals surface area contributed by atoms with Crippen LogP contribution in [0.3, 0.4) is 0 Å². The first-order chi connectivity index (χ1) is 11.1. The zero-order valence-electron chi connectivity index (χ0n) is 13.4. The van der Waals surface area contributed by atoms with Gasteiger partial charge in [-0.05, 0) is 24.6 Å². The molecule has 130 valence electrons. The molecule has 9 heteroatoms. The second-order valence-electron chi connectivity index (χ2n) is 5.94. The van der Waals surface area contributed by atoms with Crippen LogP contribution in [0.5, 0.6) is 11.5 Å². The molecule has 1 aromatic carbocycles. The summed E-state index contributed by atoms with van der Waals surface area (Å²) in [6.45, 7) is 0.858. The molecule has 24 heavy (non-hydrogen) atoms. The van der Waals surface area contributed by atoms with Crippen LogP contribution in [0.1, 0.15) is 12.5 Å². The van der Waals surface area contributed by atoms with Crippen LogP contribution in [-0.4, -0.2) is 63.8 Å². The van der Waals surface area contributed by atoms with Crippen molar-refractivity contribution in [3.05, 3.63) is 23.8 Å². The van der Waals surface area contributed by atoms with Gasteiger partial charge < -0.3 is 25.6 Å². The number of carbonyl (C=O) groups excluding carboxylic acids is 3. The number of aromatic hydroxyl groups is 2. The largest absolute Gasteiger partial charge is 0.504 e. The zero-order chi connectivity index (χ0) is 18.1. The van der Waals surface area contributed by atoms with E-state index in [0.29, 0.717) is 5.56 Å². The molecule has 1 atom stereocenters. The van der Waals surface area contributed by atoms with Gasteiger partial charge >= 0.3 is 12.0 Å². The van der Waals surface area contributed by atoms with Gasteiger partial charge in [0.05, 0.1) is 0 Å². The van der Waals surface area contributed by atoms with Gasteiger partial charge in [0.2, 0.25) is 0 Å². The number of phenolic OH excluding ortho intramolecular Hbond substituents is 2. The lowest BCUT2D eigenvalue weighted by Gasteiger charge is -2.24. The van der Waals surface area contributed by atoms with E-state index in [9.17, 15) is 24.6 Å². The zero-order valence-corrected chi connectivity index (χ0v) is 13.4. The van der Waals surface area contributed by atoms with Crippen LogP contribution >= 0.6 is 0 Å². The van der Waals surface area contributed by atoms with Crippen molar-refractivity contribution in [2.24, 2.45) is 5.73 Å². The van der Waals surface area contributed by atoms with Crippen molar-refractivity contribution in [2.75, 3.05) is 20.3 Å². The predicted molar refractivity (Wildman–Crippen MR) is 81.9 cm³/mol. The molecule has 0 saturated carbocycles. The number of amides is 3. The van der Waals surface area contributed by atoms with Crippen molar-refractivity contribution in [3.63, 3.8) is 0 Å². The molecule has 1 aromatic rings. The number of phenols is 2. The summed E-state index contributed by atoms with van der Waals surface area (Å²) in [5.41, 5.74) is 5.02. The van der Waals surface area contributed by atoms with E-state index in [-0.39, 0.29) is 24.5 Å². The Labute approximate surface area is 138 Å². The van der Waals surface area contributed by atoms with Crippen LogP contribution in [0.4, 0.5) is 4.79 Å². The van der Waals surface area contributed by atoms with Gasteiger partial charge in [-0.3, -0.25) is 4.79 Å². The molecule has 0 spiro atoms. The smallest absolute Gasteiger partial charge is 0.329 e. The summed E-state index contributed by atoms with van der Waals surface area (Å²) in [6, 6.07) is 3.53. The molecule has 1 aliphatic rings. The minimum absolute atomic E-state index is 0.0292. The molecule has 1 aliphatic heterocycles. The van der Waals surface area contributed by atoms with E-state index in [2.05, 4.69) is 0 Å². The fourth-order valence-electron chi connectivity index (χ4n) is 2.26. The molecule has 1 saturated heterocycles. The van der Waals surface area contributed by atoms with Crippen LogP contribution in [0.25, 0.3) is 0 Å². The number of hydrogen-bond donors (Lipinski definition) is 3. The second kappa shape index (κ2) is 6.36. The van der Waals surface area contributed by atoms with Crippen LogP contribution in [-0.2, 0) is 20.7 Å². The summed E-state index contributed by atoms with van der Waals surface area (Å²) < 4.78 is 4.99. The van der Waals surface area contributed by atoms with Crippen molar-refractivity contribution in [2.45, 2.75) is 18.9 Å². The van der Waals surface area contributed by atoms with Gasteiger partial charge in [0.25, 0.3) is 5.91 Å². The van der Waals surface area contributed by atoms with Crippen LogP contribution < -0.4 is 5.73 Å². The third-order valence-electron chi connectivity index (χ3n) is 3.63. The van der Waals surface area contributed by atoms with Gasteiger partial charge in [0, 0.05) is 13.5 Å². The summed E-state index contributed by atoms with van der Waals surface area (Å²) in [5, 5.41) is 18.8. The average Bonchev–Trinajstić information content (AvgIpc) is 2.73. The Balaban J connectivity index is 1.98. The summed E-state index contributed by atoms with van der Waals surface area (Å²) in [6.07, 6.45) is 0.0292. The number of imide groups is 1. The number of benzene rings is 1. The third-order valence-corrected chi connectivity index (χ3v) is 3.63. The molecule has 0 aromatic heterocycles. The fraction of sp³-hybridized carbons (Fsp3) is 0.400. The van der Waals surface area contributed by atoms with Gasteiger partial charge in [-0.15, -0.1) is 0 Å². The highest BCUT2D eigenvalue weighted by molar-refractivity contribution is 6.01. The van der Waals surface area contributed by atoms with Gasteiger partial charge in [0.15, 0.2) is 18.2 Å². The van der Waals surface area contributed by atoms with E-state index < -0.39 is 30.2 Å². The lowest BCUT2D eigenvalue weighted by Crippen LogP contribution is -2.49. The molecule has 0 bridgehead atoms. The number of ether oxygens (including phenoxy) is 1. The van der Waals surface area contributed by atoms with E-state index in [1.54, 1.807) is 0 Å². The molecule has 1 fully saturated rings. The van der Waals surface area contributed by atoms with Crippen molar-refractivity contribution >= 4 is 17.9 Å². The highest BCUT2D eigenvalue weighted by atomic mass is 16.5. The van der Waals surface area contributed by atoms with Gasteiger partial charge in [0.1, 0.15) is 12.1 Å². The maximum absolute atomic E-state index is 12.2. The highest BCUT2D eigenvalue weighted by Crippen LogP contribution is 2.26. The minimum Gasteiger partial charge on any atom is -0.504 e. The van der Waals surface area contributed by atoms with E-state index in [1.165, 1.54) is 37.1 Å². The summed E-state index contributed by atoms with van der Waals surface area (Å²) >= 11 is 0. The topological polar surface area (TPSA) is 133 Å². The molecular weight excluding hydrogens is 318 g/mol. The van der Waals surface area contributed by atoms with E-state index in [1.807, 2.05) is 0 Å². The van der Waals surface area contributed by atoms with Crippen molar-refractivity contribution in [3.8, 4) is 11.5 Å². The molecule has 0 radical (unpaired) electrons. The Morgan fingerprint density at radius 1 is 1.33 bits per heavy atom. The second-order valence-corrected chi connectivity index (χ2v) is 5.94. The number of nitrogens with two attached hydrogens (primary N) is 1. The number of carbonyl (C=O) groups is 3. The Bertz CT molecular complexity index is 688. The number of rotatable bonds is 5. The standard InChI is InChI=1S/C15H19N3O6/c1-15(16,6-9-3-4-10(19)11(20)5-9)13(22)24-8-18-12(21)7-17(2)14(18)23/h3-5,19-20H,6-8,16H2,1-2H3/t15-/m0/s1. The molecule has 0 aliphatic carbocycles. The number of hydrogen-bond acceptors (Lipinski definition) is 7. The molecule has 2 rings (SSSR count). The molecule has 0 unspecified atom stereocenters. The molecule has 3 amide bonds. The van der Waals surface area contributed by atoms with Crippen LogP contribution in [0.15, 0.2) is 18.2 Å². The van der Waals surface area contributed by atoms with Gasteiger partial charge in [-0.25, -0.2) is 14.5 Å². The SMILES string of the molecule is CN1CC(=O)N(COC(=O)[C@@](C)(N)Cc2ccc(O)c(O)c2)C1=O. The molecule has 9 nitrogen and oxygen atoms in total. The third kappa shape index (κ3) is 3.57. The Kier molecular flexibility index (Phi) is 4.65. The van der Waals surface area contributed by atoms with Crippen LogP contribution in [0, 0.1) is 0 Å². The van der Waals surface area contributed by atoms with E-state index >= 15 is 0 Å². The quantitative estimate of drug-likeness (QED) is 0.383. The minimum atomic E-state index is -1.44. The van der Waals surface area contributed by atoms with Gasteiger partial charge in [-0.1, -0.05) is 6.07 Å². The number of urea groups is 1. The summed E-state index contributed by atoms with van der Waals surface area (Å²) in [5.74, 6) is -1.87. The monoisotopic (exact) mass is 337 g/mol. The first-order valence-corrected chi connectivity index (χ1v) is 7.14. The number of nitrogens with zero attached hydrogens (tertiary/aromatic N) is 2. The number of esters is 1. The summed E-state index contributed by atoms with van der Waals surface area (Å²) in [4.78, 5) is 37.5. The fourth-order valence-corrected chi connectivity index (χ4v) is 2.26. The predicted octanol–water partition coefficient (Wildman–Crippen LogP) is -0.248. The molecular formula is C15H19N3O6. The maximum atomic E-state index is 12.2. The Morgan fingerprint density at radius 2 is 2.00 bits per heavy atom. The van der Waals surface area contributed by atoms with Gasteiger partial charge in [-0.2, -0.15) is 0 Å². The first kappa shape index (κ1) is 17.5. The van der Waals surface area contributed by atoms with Crippen molar-refractivity contribution in [1.82, 2.24) is 9.80 Å². The van der Waals surface area contributed by atoms with Crippen molar-refractivity contribution in [1.29, 1.82) is 0 Å². The lowest BCUT2D eigenvalue weighted by molar-refractivity contribution is -0.154. The molecule has 4 N–H and O–H groups in total. The maximum Gasteiger partial charge on any atom is 0.329 e. The lowest BCUT2D eigenvalue weighted by atomic mass is 9.94. The Hall–Kier alpha value is -2.81.